The Balaban J connectivity index is 1.63. The van der Waals surface area contributed by atoms with Crippen LogP contribution in [0.3, 0.4) is 0 Å². The van der Waals surface area contributed by atoms with Gasteiger partial charge in [-0.25, -0.2) is 4.98 Å². The van der Waals surface area contributed by atoms with Gasteiger partial charge in [-0.1, -0.05) is 6.07 Å². The van der Waals surface area contributed by atoms with Crippen molar-refractivity contribution in [3.05, 3.63) is 48.5 Å². The van der Waals surface area contributed by atoms with Crippen LogP contribution < -0.4 is 5.32 Å². The molecule has 0 aliphatic carbocycles. The predicted octanol–water partition coefficient (Wildman–Crippen LogP) is 2.24. The Labute approximate surface area is 163 Å². The first-order valence-corrected chi connectivity index (χ1v) is 9.33. The number of aliphatic carboxylic acids is 1. The van der Waals surface area contributed by atoms with Crippen molar-refractivity contribution in [1.82, 2.24) is 14.5 Å². The number of nitrogens with one attached hydrogen (secondary N) is 1. The van der Waals surface area contributed by atoms with Crippen LogP contribution in [0.25, 0.3) is 0 Å². The maximum Gasteiger partial charge on any atom is 0.308 e. The van der Waals surface area contributed by atoms with Crippen molar-refractivity contribution in [2.24, 2.45) is 5.92 Å². The summed E-state index contributed by atoms with van der Waals surface area (Å²) in [5.41, 5.74) is 0.978. The summed E-state index contributed by atoms with van der Waals surface area (Å²) < 4.78 is 1.82. The van der Waals surface area contributed by atoms with Gasteiger partial charge in [-0.3, -0.25) is 14.4 Å². The lowest BCUT2D eigenvalue weighted by molar-refractivity contribution is -0.143. The average Bonchev–Trinajstić information content (AvgIpc) is 3.20. The molecule has 2 unspecified atom stereocenters. The van der Waals surface area contributed by atoms with Gasteiger partial charge in [0.15, 0.2) is 0 Å². The van der Waals surface area contributed by atoms with Crippen LogP contribution in [0, 0.1) is 5.92 Å². The number of rotatable bonds is 6. The summed E-state index contributed by atoms with van der Waals surface area (Å²) >= 11 is 0. The van der Waals surface area contributed by atoms with Crippen LogP contribution in [0.5, 0.6) is 0 Å². The molecule has 0 bridgehead atoms. The molecule has 2 N–H and O–H groups in total. The summed E-state index contributed by atoms with van der Waals surface area (Å²) in [6.07, 6.45) is 6.62. The van der Waals surface area contributed by atoms with Gasteiger partial charge in [0.05, 0.1) is 12.2 Å². The predicted molar refractivity (Wildman–Crippen MR) is 103 cm³/mol. The van der Waals surface area contributed by atoms with Crippen LogP contribution in [-0.4, -0.2) is 49.9 Å². The van der Waals surface area contributed by atoms with Crippen LogP contribution in [0.15, 0.2) is 43.0 Å². The second kappa shape index (κ2) is 8.69. The monoisotopic (exact) mass is 384 g/mol. The molecular weight excluding hydrogens is 360 g/mol. The second-order valence-electron chi connectivity index (χ2n) is 7.10. The number of anilines is 1. The number of likely N-dealkylation sites (tertiary alicyclic amines) is 1. The third-order valence-corrected chi connectivity index (χ3v) is 5.04. The number of amides is 2. The minimum Gasteiger partial charge on any atom is -0.481 e. The maximum absolute atomic E-state index is 12.9. The fraction of sp³-hybridized carbons (Fsp3) is 0.400. The smallest absolute Gasteiger partial charge is 0.308 e. The molecule has 1 saturated heterocycles. The molecular formula is C20H24N4O4. The van der Waals surface area contributed by atoms with E-state index in [-0.39, 0.29) is 30.8 Å². The van der Waals surface area contributed by atoms with Crippen molar-refractivity contribution in [3.63, 3.8) is 0 Å². The van der Waals surface area contributed by atoms with Crippen molar-refractivity contribution in [3.8, 4) is 0 Å². The van der Waals surface area contributed by atoms with Gasteiger partial charge in [0.25, 0.3) is 5.91 Å². The molecule has 1 aliphatic heterocycles. The van der Waals surface area contributed by atoms with E-state index in [1.807, 2.05) is 11.5 Å². The molecule has 2 atom stereocenters. The van der Waals surface area contributed by atoms with E-state index >= 15 is 0 Å². The Hall–Kier alpha value is -3.16. The molecule has 8 nitrogen and oxygen atoms in total. The molecule has 0 radical (unpaired) electrons. The molecule has 148 valence electrons. The van der Waals surface area contributed by atoms with Gasteiger partial charge in [-0.15, -0.1) is 0 Å². The highest BCUT2D eigenvalue weighted by Gasteiger charge is 2.33. The molecule has 2 heterocycles. The Kier molecular flexibility index (Phi) is 6.08. The average molecular weight is 384 g/mol. The van der Waals surface area contributed by atoms with E-state index in [4.69, 9.17) is 0 Å². The van der Waals surface area contributed by atoms with Crippen molar-refractivity contribution in [2.75, 3.05) is 11.9 Å². The number of hydrogen-bond acceptors (Lipinski definition) is 4. The summed E-state index contributed by atoms with van der Waals surface area (Å²) in [7, 11) is 0. The summed E-state index contributed by atoms with van der Waals surface area (Å²) in [6, 6.07) is 6.74. The van der Waals surface area contributed by atoms with Gasteiger partial charge >= 0.3 is 5.97 Å². The second-order valence-corrected chi connectivity index (χ2v) is 7.10. The topological polar surface area (TPSA) is 105 Å². The lowest BCUT2D eigenvalue weighted by atomic mass is 9.93. The van der Waals surface area contributed by atoms with Gasteiger partial charge in [-0.2, -0.15) is 0 Å². The van der Waals surface area contributed by atoms with Gasteiger partial charge in [0.1, 0.15) is 0 Å². The number of carboxylic acid groups (broad SMARTS) is 1. The van der Waals surface area contributed by atoms with Crippen molar-refractivity contribution < 1.29 is 19.5 Å². The number of carbonyl (C=O) groups excluding carboxylic acids is 2. The highest BCUT2D eigenvalue weighted by molar-refractivity contribution is 5.97. The lowest BCUT2D eigenvalue weighted by Crippen LogP contribution is -2.47. The zero-order chi connectivity index (χ0) is 20.1. The largest absolute Gasteiger partial charge is 0.481 e. The van der Waals surface area contributed by atoms with Crippen LogP contribution >= 0.6 is 0 Å². The normalized spacial score (nSPS) is 19.2. The first-order valence-electron chi connectivity index (χ1n) is 9.33. The van der Waals surface area contributed by atoms with E-state index in [0.29, 0.717) is 30.6 Å². The lowest BCUT2D eigenvalue weighted by Gasteiger charge is -2.36. The minimum absolute atomic E-state index is 0.0171. The molecule has 1 aromatic carbocycles. The first kappa shape index (κ1) is 19.6. The molecule has 3 rings (SSSR count). The first-order chi connectivity index (χ1) is 13.4. The van der Waals surface area contributed by atoms with E-state index in [9.17, 15) is 19.5 Å². The van der Waals surface area contributed by atoms with Gasteiger partial charge in [-0.05, 0) is 38.0 Å². The van der Waals surface area contributed by atoms with E-state index in [2.05, 4.69) is 10.3 Å². The van der Waals surface area contributed by atoms with E-state index in [1.165, 1.54) is 0 Å². The summed E-state index contributed by atoms with van der Waals surface area (Å²) in [5.74, 6) is -1.78. The molecule has 1 aliphatic rings. The third kappa shape index (κ3) is 4.76. The van der Waals surface area contributed by atoms with Gasteiger partial charge in [0, 0.05) is 49.2 Å². The zero-order valence-electron chi connectivity index (χ0n) is 15.7. The number of carbonyl (C=O) groups is 3. The number of imidazole rings is 1. The summed E-state index contributed by atoms with van der Waals surface area (Å²) in [6.45, 7) is 2.65. The number of aromatic nitrogens is 2. The molecule has 1 fully saturated rings. The number of hydrogen-bond donors (Lipinski definition) is 2. The van der Waals surface area contributed by atoms with E-state index in [0.717, 1.165) is 0 Å². The number of nitrogens with zero attached hydrogens (tertiary/aromatic N) is 3. The quantitative estimate of drug-likeness (QED) is 0.795. The van der Waals surface area contributed by atoms with Crippen LogP contribution in [0.1, 0.15) is 36.5 Å². The van der Waals surface area contributed by atoms with Crippen LogP contribution in [0.4, 0.5) is 5.69 Å². The van der Waals surface area contributed by atoms with Crippen LogP contribution in [0.2, 0.25) is 0 Å². The van der Waals surface area contributed by atoms with Crippen molar-refractivity contribution in [2.45, 2.75) is 38.8 Å². The molecule has 2 aromatic rings. The van der Waals surface area contributed by atoms with Crippen molar-refractivity contribution in [1.29, 1.82) is 0 Å². The highest BCUT2D eigenvalue weighted by atomic mass is 16.4. The number of benzene rings is 1. The van der Waals surface area contributed by atoms with Crippen molar-refractivity contribution >= 4 is 23.5 Å². The third-order valence-electron chi connectivity index (χ3n) is 5.04. The fourth-order valence-electron chi connectivity index (χ4n) is 3.36. The Bertz CT molecular complexity index is 850. The molecule has 8 heteroatoms. The SMILES string of the molecule is CC1CCC(C(=O)O)CN1C(=O)c1cccc(NC(=O)CCn2ccnc2)c1. The number of piperidine rings is 1. The molecule has 0 saturated carbocycles. The summed E-state index contributed by atoms with van der Waals surface area (Å²) in [4.78, 5) is 41.9. The summed E-state index contributed by atoms with van der Waals surface area (Å²) in [5, 5.41) is 12.1. The molecule has 2 amide bonds. The Morgan fingerprint density at radius 1 is 1.29 bits per heavy atom. The maximum atomic E-state index is 12.9. The van der Waals surface area contributed by atoms with Gasteiger partial charge in [0.2, 0.25) is 5.91 Å². The number of aryl methyl sites for hydroxylation is 1. The molecule has 28 heavy (non-hydrogen) atoms. The number of carboxylic acids is 1. The Morgan fingerprint density at radius 3 is 2.82 bits per heavy atom. The van der Waals surface area contributed by atoms with Crippen LogP contribution in [-0.2, 0) is 16.1 Å². The molecule has 0 spiro atoms. The standard InChI is InChI=1S/C20H24N4O4/c1-14-5-6-16(20(27)28)12-24(14)19(26)15-3-2-4-17(11-15)22-18(25)7-9-23-10-8-21-13-23/h2-4,8,10-11,13-14,16H,5-7,9,12H2,1H3,(H,22,25)(H,27,28). The van der Waals surface area contributed by atoms with E-state index in [1.54, 1.807) is 47.9 Å². The zero-order valence-corrected chi connectivity index (χ0v) is 15.7. The minimum atomic E-state index is -0.872. The Morgan fingerprint density at radius 2 is 2.11 bits per heavy atom. The highest BCUT2D eigenvalue weighted by Crippen LogP contribution is 2.24. The van der Waals surface area contributed by atoms with Gasteiger partial charge < -0.3 is 19.9 Å². The molecule has 1 aromatic heterocycles. The fourth-order valence-corrected chi connectivity index (χ4v) is 3.36. The van der Waals surface area contributed by atoms with E-state index < -0.39 is 11.9 Å².